The lowest BCUT2D eigenvalue weighted by atomic mass is 10.1. The molecule has 7 nitrogen and oxygen atoms in total. The number of aromatic nitrogens is 2. The van der Waals surface area contributed by atoms with E-state index >= 15 is 0 Å². The first kappa shape index (κ1) is 14.4. The second kappa shape index (κ2) is 6.46. The van der Waals surface area contributed by atoms with Gasteiger partial charge in [0, 0.05) is 25.3 Å². The average Bonchev–Trinajstić information content (AvgIpc) is 2.90. The van der Waals surface area contributed by atoms with Crippen LogP contribution in [0.5, 0.6) is 0 Å². The summed E-state index contributed by atoms with van der Waals surface area (Å²) in [7, 11) is 0. The lowest BCUT2D eigenvalue weighted by Gasteiger charge is -2.34. The third-order valence-electron chi connectivity index (χ3n) is 4.23. The van der Waals surface area contributed by atoms with Crippen LogP contribution in [0.15, 0.2) is 18.6 Å². The van der Waals surface area contributed by atoms with E-state index in [1.54, 1.807) is 6.07 Å². The van der Waals surface area contributed by atoms with Gasteiger partial charge in [0.2, 0.25) is 0 Å². The molecule has 3 rings (SSSR count). The number of nitrogens with zero attached hydrogens (tertiary/aromatic N) is 3. The van der Waals surface area contributed by atoms with Crippen molar-refractivity contribution in [2.24, 2.45) is 0 Å². The van der Waals surface area contributed by atoms with Gasteiger partial charge in [-0.15, -0.1) is 0 Å². The number of aliphatic hydroxyl groups is 1. The number of rotatable bonds is 3. The maximum absolute atomic E-state index is 12.1. The van der Waals surface area contributed by atoms with Gasteiger partial charge in [-0.25, -0.2) is 9.97 Å². The van der Waals surface area contributed by atoms with Crippen molar-refractivity contribution in [1.29, 1.82) is 0 Å². The molecule has 2 fully saturated rings. The molecule has 0 radical (unpaired) electrons. The molecule has 2 heterocycles. The van der Waals surface area contributed by atoms with Gasteiger partial charge in [-0.05, 0) is 18.9 Å². The lowest BCUT2D eigenvalue weighted by Crippen LogP contribution is -2.51. The third kappa shape index (κ3) is 3.20. The Hall–Kier alpha value is -1.57. The zero-order valence-corrected chi connectivity index (χ0v) is 11.8. The molecule has 114 valence electrons. The number of carbonyl (C=O) groups is 1. The summed E-state index contributed by atoms with van der Waals surface area (Å²) < 4.78 is 5.34. The normalized spacial score (nSPS) is 30.2. The van der Waals surface area contributed by atoms with E-state index in [1.807, 2.05) is 0 Å². The SMILES string of the molecule is O=C(N[C@@H]1CC[C@@H](N2CCOCC2)[C@@H]1O)c1ccncn1. The highest BCUT2D eigenvalue weighted by Crippen LogP contribution is 2.25. The Balaban J connectivity index is 1.58. The summed E-state index contributed by atoms with van der Waals surface area (Å²) in [6.07, 6.45) is 3.99. The van der Waals surface area contributed by atoms with Gasteiger partial charge in [0.1, 0.15) is 12.0 Å². The van der Waals surface area contributed by atoms with Crippen LogP contribution < -0.4 is 5.32 Å². The molecule has 1 aliphatic carbocycles. The van der Waals surface area contributed by atoms with E-state index in [0.717, 1.165) is 25.9 Å². The molecular weight excluding hydrogens is 272 g/mol. The summed E-state index contributed by atoms with van der Waals surface area (Å²) in [6, 6.07) is 1.45. The van der Waals surface area contributed by atoms with Gasteiger partial charge in [0.05, 0.1) is 25.4 Å². The minimum atomic E-state index is -0.547. The highest BCUT2D eigenvalue weighted by atomic mass is 16.5. The molecular formula is C14H20N4O3. The van der Waals surface area contributed by atoms with Crippen LogP contribution in [-0.4, -0.2) is 70.4 Å². The minimum Gasteiger partial charge on any atom is -0.389 e. The largest absolute Gasteiger partial charge is 0.389 e. The molecule has 0 spiro atoms. The van der Waals surface area contributed by atoms with Crippen molar-refractivity contribution in [3.63, 3.8) is 0 Å². The Morgan fingerprint density at radius 2 is 2.19 bits per heavy atom. The molecule has 2 aliphatic rings. The van der Waals surface area contributed by atoms with E-state index in [0.29, 0.717) is 18.9 Å². The number of nitrogens with one attached hydrogen (secondary N) is 1. The standard InChI is InChI=1S/C14H20N4O3/c19-13-10(17-14(20)11-3-4-15-9-16-11)1-2-12(13)18-5-7-21-8-6-18/h3-4,9-10,12-13,19H,1-2,5-8H2,(H,17,20)/t10-,12-,13-/m1/s1. The molecule has 3 atom stereocenters. The van der Waals surface area contributed by atoms with Crippen LogP contribution >= 0.6 is 0 Å². The maximum Gasteiger partial charge on any atom is 0.270 e. The molecule has 21 heavy (non-hydrogen) atoms. The van der Waals surface area contributed by atoms with E-state index in [9.17, 15) is 9.90 Å². The Morgan fingerprint density at radius 1 is 1.38 bits per heavy atom. The number of carbonyl (C=O) groups excluding carboxylic acids is 1. The van der Waals surface area contributed by atoms with Crippen molar-refractivity contribution < 1.29 is 14.6 Å². The molecule has 7 heteroatoms. The van der Waals surface area contributed by atoms with Gasteiger partial charge in [-0.2, -0.15) is 0 Å². The first-order valence-corrected chi connectivity index (χ1v) is 7.32. The van der Waals surface area contributed by atoms with Gasteiger partial charge in [-0.1, -0.05) is 0 Å². The van der Waals surface area contributed by atoms with E-state index < -0.39 is 6.10 Å². The van der Waals surface area contributed by atoms with Gasteiger partial charge in [0.15, 0.2) is 0 Å². The predicted molar refractivity (Wildman–Crippen MR) is 74.7 cm³/mol. The highest BCUT2D eigenvalue weighted by molar-refractivity contribution is 5.92. The van der Waals surface area contributed by atoms with Crippen LogP contribution in [0.3, 0.4) is 0 Å². The van der Waals surface area contributed by atoms with Crippen molar-refractivity contribution in [1.82, 2.24) is 20.2 Å². The van der Waals surface area contributed by atoms with Crippen molar-refractivity contribution in [3.8, 4) is 0 Å². The van der Waals surface area contributed by atoms with Crippen molar-refractivity contribution in [2.45, 2.75) is 31.0 Å². The van der Waals surface area contributed by atoms with Gasteiger partial charge in [0.25, 0.3) is 5.91 Å². The summed E-state index contributed by atoms with van der Waals surface area (Å²) in [5.41, 5.74) is 0.326. The first-order valence-electron chi connectivity index (χ1n) is 7.32. The Kier molecular flexibility index (Phi) is 4.42. The molecule has 1 aliphatic heterocycles. The van der Waals surface area contributed by atoms with Crippen LogP contribution in [0.4, 0.5) is 0 Å². The van der Waals surface area contributed by atoms with Crippen LogP contribution in [0.1, 0.15) is 23.3 Å². The number of morpholine rings is 1. The molecule has 0 aromatic carbocycles. The Bertz CT molecular complexity index is 478. The van der Waals surface area contributed by atoms with Gasteiger partial charge < -0.3 is 15.2 Å². The lowest BCUT2D eigenvalue weighted by molar-refractivity contribution is -0.0154. The smallest absolute Gasteiger partial charge is 0.270 e. The van der Waals surface area contributed by atoms with E-state index in [1.165, 1.54) is 12.5 Å². The van der Waals surface area contributed by atoms with Crippen molar-refractivity contribution >= 4 is 5.91 Å². The van der Waals surface area contributed by atoms with Gasteiger partial charge in [-0.3, -0.25) is 9.69 Å². The molecule has 1 amide bonds. The number of ether oxygens (including phenoxy) is 1. The highest BCUT2D eigenvalue weighted by Gasteiger charge is 2.39. The van der Waals surface area contributed by atoms with E-state index in [4.69, 9.17) is 4.74 Å². The Morgan fingerprint density at radius 3 is 2.90 bits per heavy atom. The molecule has 1 saturated carbocycles. The van der Waals surface area contributed by atoms with Gasteiger partial charge >= 0.3 is 0 Å². The minimum absolute atomic E-state index is 0.101. The van der Waals surface area contributed by atoms with E-state index in [2.05, 4.69) is 20.2 Å². The second-order valence-corrected chi connectivity index (χ2v) is 5.46. The summed E-state index contributed by atoms with van der Waals surface area (Å²) in [4.78, 5) is 22.0. The summed E-state index contributed by atoms with van der Waals surface area (Å²) >= 11 is 0. The van der Waals surface area contributed by atoms with Crippen molar-refractivity contribution in [2.75, 3.05) is 26.3 Å². The number of amides is 1. The molecule has 0 bridgehead atoms. The fraction of sp³-hybridized carbons (Fsp3) is 0.643. The zero-order valence-electron chi connectivity index (χ0n) is 11.8. The van der Waals surface area contributed by atoms with E-state index in [-0.39, 0.29) is 18.0 Å². The fourth-order valence-corrected chi connectivity index (χ4v) is 3.09. The molecule has 2 N–H and O–H groups in total. The van der Waals surface area contributed by atoms with Crippen LogP contribution in [0.2, 0.25) is 0 Å². The molecule has 0 unspecified atom stereocenters. The molecule has 1 aromatic rings. The molecule has 1 aromatic heterocycles. The second-order valence-electron chi connectivity index (χ2n) is 5.46. The summed E-state index contributed by atoms with van der Waals surface area (Å²) in [5, 5.41) is 13.3. The predicted octanol–water partition coefficient (Wildman–Crippen LogP) is -0.569. The van der Waals surface area contributed by atoms with Crippen LogP contribution in [0.25, 0.3) is 0 Å². The number of aliphatic hydroxyl groups excluding tert-OH is 1. The average molecular weight is 292 g/mol. The fourth-order valence-electron chi connectivity index (χ4n) is 3.09. The van der Waals surface area contributed by atoms with Crippen LogP contribution in [-0.2, 0) is 4.74 Å². The van der Waals surface area contributed by atoms with Crippen molar-refractivity contribution in [3.05, 3.63) is 24.3 Å². The topological polar surface area (TPSA) is 87.6 Å². The summed E-state index contributed by atoms with van der Waals surface area (Å²) in [6.45, 7) is 3.10. The molecule has 1 saturated heterocycles. The number of hydrogen-bond donors (Lipinski definition) is 2. The zero-order chi connectivity index (χ0) is 14.7. The first-order chi connectivity index (χ1) is 10.3. The maximum atomic E-state index is 12.1. The number of hydrogen-bond acceptors (Lipinski definition) is 6. The van der Waals surface area contributed by atoms with Crippen LogP contribution in [0, 0.1) is 0 Å². The monoisotopic (exact) mass is 292 g/mol. The third-order valence-corrected chi connectivity index (χ3v) is 4.23. The quantitative estimate of drug-likeness (QED) is 0.776. The Labute approximate surface area is 123 Å². The summed E-state index contributed by atoms with van der Waals surface area (Å²) in [5.74, 6) is -0.260.